The molecule has 0 bridgehead atoms. The Morgan fingerprint density at radius 3 is 2.03 bits per heavy atom. The monoisotopic (exact) mass is 537 g/mol. The highest BCUT2D eigenvalue weighted by molar-refractivity contribution is 5.73. The summed E-state index contributed by atoms with van der Waals surface area (Å²) in [6, 6.07) is 4.86. The number of halogens is 7. The number of amides is 1. The number of nitrogens with zero attached hydrogens (tertiary/aromatic N) is 1. The third kappa shape index (κ3) is 6.51. The van der Waals surface area contributed by atoms with E-state index in [-0.39, 0.29) is 12.6 Å². The normalized spacial score (nSPS) is 21.1. The molecule has 1 aliphatic rings. The van der Waals surface area contributed by atoms with Gasteiger partial charge in [-0.2, -0.15) is 26.3 Å². The van der Waals surface area contributed by atoms with Crippen LogP contribution in [0.15, 0.2) is 42.5 Å². The van der Waals surface area contributed by atoms with Crippen LogP contribution in [-0.4, -0.2) is 47.9 Å². The molecule has 1 N–H and O–H groups in total. The number of methoxy groups -OCH3 is 1. The molecule has 0 aliphatic carbocycles. The zero-order chi connectivity index (χ0) is 27.7. The summed E-state index contributed by atoms with van der Waals surface area (Å²) in [5.74, 6) is -2.27. The SMILES string of the molecule is COC(=O)C[C@@H]1[C@H](c2ccc(F)cc2)[C@@H](O[C@H](C)c2cc(C(F)(F)F)cc(C(F)(F)F)c2)CN1C(=O)O. The van der Waals surface area contributed by atoms with Gasteiger partial charge in [0.1, 0.15) is 5.82 Å². The Morgan fingerprint density at radius 2 is 1.57 bits per heavy atom. The first-order valence-corrected chi connectivity index (χ1v) is 10.9. The topological polar surface area (TPSA) is 76.1 Å². The van der Waals surface area contributed by atoms with Gasteiger partial charge in [-0.1, -0.05) is 12.1 Å². The fraction of sp³-hybridized carbons (Fsp3) is 0.417. The average Bonchev–Trinajstić information content (AvgIpc) is 3.15. The second kappa shape index (κ2) is 10.6. The summed E-state index contributed by atoms with van der Waals surface area (Å²) in [6.07, 6.45) is -14.4. The number of benzene rings is 2. The van der Waals surface area contributed by atoms with Gasteiger partial charge in [-0.05, 0) is 48.4 Å². The fourth-order valence-corrected chi connectivity index (χ4v) is 4.40. The number of hydrogen-bond donors (Lipinski definition) is 1. The number of carbonyl (C=O) groups is 2. The Balaban J connectivity index is 2.03. The molecule has 0 radical (unpaired) electrons. The smallest absolute Gasteiger partial charge is 0.416 e. The minimum atomic E-state index is -5.06. The minimum Gasteiger partial charge on any atom is -0.469 e. The molecule has 1 fully saturated rings. The van der Waals surface area contributed by atoms with Crippen LogP contribution in [0, 0.1) is 5.82 Å². The van der Waals surface area contributed by atoms with Gasteiger partial charge >= 0.3 is 24.4 Å². The Bertz CT molecular complexity index is 1100. The van der Waals surface area contributed by atoms with E-state index < -0.39 is 77.5 Å². The van der Waals surface area contributed by atoms with E-state index in [0.717, 1.165) is 24.1 Å². The van der Waals surface area contributed by atoms with Gasteiger partial charge in [0, 0.05) is 5.92 Å². The van der Waals surface area contributed by atoms with Gasteiger partial charge in [-0.3, -0.25) is 4.79 Å². The van der Waals surface area contributed by atoms with Gasteiger partial charge in [0.2, 0.25) is 0 Å². The molecule has 6 nitrogen and oxygen atoms in total. The van der Waals surface area contributed by atoms with Gasteiger partial charge in [-0.25, -0.2) is 9.18 Å². The van der Waals surface area contributed by atoms with E-state index in [0.29, 0.717) is 17.7 Å². The van der Waals surface area contributed by atoms with E-state index in [1.165, 1.54) is 19.1 Å². The van der Waals surface area contributed by atoms with E-state index in [1.54, 1.807) is 0 Å². The lowest BCUT2D eigenvalue weighted by Gasteiger charge is -2.28. The highest BCUT2D eigenvalue weighted by Gasteiger charge is 2.47. The number of alkyl halides is 6. The molecular weight excluding hydrogens is 515 g/mol. The largest absolute Gasteiger partial charge is 0.469 e. The number of carboxylic acid groups (broad SMARTS) is 1. The molecule has 2 aromatic carbocycles. The molecule has 1 aliphatic heterocycles. The highest BCUT2D eigenvalue weighted by atomic mass is 19.4. The molecule has 1 saturated heterocycles. The predicted molar refractivity (Wildman–Crippen MR) is 114 cm³/mol. The summed E-state index contributed by atoms with van der Waals surface area (Å²) in [4.78, 5) is 24.8. The lowest BCUT2D eigenvalue weighted by atomic mass is 9.88. The summed E-state index contributed by atoms with van der Waals surface area (Å²) in [6.45, 7) is 0.880. The van der Waals surface area contributed by atoms with Crippen molar-refractivity contribution >= 4 is 12.1 Å². The third-order valence-corrected chi connectivity index (χ3v) is 6.15. The Kier molecular flexibility index (Phi) is 8.06. The zero-order valence-electron chi connectivity index (χ0n) is 19.4. The van der Waals surface area contributed by atoms with Crippen molar-refractivity contribution in [1.82, 2.24) is 4.90 Å². The van der Waals surface area contributed by atoms with Gasteiger partial charge in [0.15, 0.2) is 0 Å². The maximum atomic E-state index is 13.5. The van der Waals surface area contributed by atoms with Crippen molar-refractivity contribution < 1.29 is 54.9 Å². The van der Waals surface area contributed by atoms with Crippen molar-refractivity contribution in [2.45, 2.75) is 49.9 Å². The Hall–Kier alpha value is -3.35. The van der Waals surface area contributed by atoms with E-state index in [1.807, 2.05) is 0 Å². The second-order valence-corrected chi connectivity index (χ2v) is 8.52. The van der Waals surface area contributed by atoms with Crippen molar-refractivity contribution in [3.63, 3.8) is 0 Å². The Morgan fingerprint density at radius 1 is 1.03 bits per heavy atom. The molecule has 0 spiro atoms. The molecule has 1 heterocycles. The van der Waals surface area contributed by atoms with Crippen LogP contribution in [-0.2, 0) is 26.6 Å². The minimum absolute atomic E-state index is 0.00827. The molecule has 4 atom stereocenters. The van der Waals surface area contributed by atoms with Crippen LogP contribution in [0.25, 0.3) is 0 Å². The molecule has 0 saturated carbocycles. The van der Waals surface area contributed by atoms with Gasteiger partial charge < -0.3 is 19.5 Å². The van der Waals surface area contributed by atoms with Crippen molar-refractivity contribution in [3.05, 3.63) is 70.5 Å². The van der Waals surface area contributed by atoms with E-state index in [9.17, 15) is 45.4 Å². The third-order valence-electron chi connectivity index (χ3n) is 6.15. The molecule has 0 aromatic heterocycles. The molecule has 13 heteroatoms. The summed E-state index contributed by atoms with van der Waals surface area (Å²) < 4.78 is 104. The molecule has 202 valence electrons. The van der Waals surface area contributed by atoms with Crippen LogP contribution in [0.4, 0.5) is 35.5 Å². The van der Waals surface area contributed by atoms with Gasteiger partial charge in [0.05, 0.1) is 49.5 Å². The summed E-state index contributed by atoms with van der Waals surface area (Å²) in [5, 5.41) is 9.71. The molecular formula is C24H22F7NO5. The molecule has 3 rings (SSSR count). The van der Waals surface area contributed by atoms with Crippen LogP contribution >= 0.6 is 0 Å². The molecule has 1 amide bonds. The van der Waals surface area contributed by atoms with Crippen molar-refractivity contribution in [2.24, 2.45) is 0 Å². The van der Waals surface area contributed by atoms with Crippen LogP contribution in [0.2, 0.25) is 0 Å². The number of ether oxygens (including phenoxy) is 2. The summed E-state index contributed by atoms with van der Waals surface area (Å²) in [7, 11) is 1.09. The van der Waals surface area contributed by atoms with Gasteiger partial charge in [-0.15, -0.1) is 0 Å². The quantitative estimate of drug-likeness (QED) is 0.361. The van der Waals surface area contributed by atoms with Gasteiger partial charge in [0.25, 0.3) is 0 Å². The van der Waals surface area contributed by atoms with E-state index >= 15 is 0 Å². The molecule has 2 aromatic rings. The lowest BCUT2D eigenvalue weighted by molar-refractivity contribution is -0.143. The molecule has 37 heavy (non-hydrogen) atoms. The number of hydrogen-bond acceptors (Lipinski definition) is 4. The van der Waals surface area contributed by atoms with Crippen LogP contribution in [0.1, 0.15) is 47.6 Å². The maximum Gasteiger partial charge on any atom is 0.416 e. The second-order valence-electron chi connectivity index (χ2n) is 8.52. The number of carbonyl (C=O) groups excluding carboxylic acids is 1. The van der Waals surface area contributed by atoms with Crippen LogP contribution in [0.3, 0.4) is 0 Å². The zero-order valence-corrected chi connectivity index (χ0v) is 19.4. The van der Waals surface area contributed by atoms with E-state index in [4.69, 9.17) is 4.74 Å². The first kappa shape index (κ1) is 28.2. The Labute approximate surface area is 206 Å². The lowest BCUT2D eigenvalue weighted by Crippen LogP contribution is -2.38. The summed E-state index contributed by atoms with van der Waals surface area (Å²) >= 11 is 0. The maximum absolute atomic E-state index is 13.5. The highest BCUT2D eigenvalue weighted by Crippen LogP contribution is 2.42. The van der Waals surface area contributed by atoms with Crippen LogP contribution in [0.5, 0.6) is 0 Å². The number of likely N-dealkylation sites (tertiary alicyclic amines) is 1. The standard InChI is InChI=1S/C24H22F7NO5/c1-12(14-7-15(23(26,27)28)9-16(8-14)24(29,30)31)37-19-11-32(22(34)35)18(10-20(33)36-2)21(19)13-3-5-17(25)6-4-13/h3-9,12,18-19,21H,10-11H2,1-2H3,(H,34,35)/t12-,18-,19+,21+/m1/s1. The number of esters is 1. The summed E-state index contributed by atoms with van der Waals surface area (Å²) in [5.41, 5.74) is -3.12. The average molecular weight is 537 g/mol. The van der Waals surface area contributed by atoms with E-state index in [2.05, 4.69) is 4.74 Å². The van der Waals surface area contributed by atoms with Crippen molar-refractivity contribution in [1.29, 1.82) is 0 Å². The predicted octanol–water partition coefficient (Wildman–Crippen LogP) is 6.02. The van der Waals surface area contributed by atoms with Crippen LogP contribution < -0.4 is 0 Å². The number of rotatable bonds is 6. The first-order valence-electron chi connectivity index (χ1n) is 10.9. The first-order chi connectivity index (χ1) is 17.1. The fourth-order valence-electron chi connectivity index (χ4n) is 4.40. The molecule has 0 unspecified atom stereocenters. The van der Waals surface area contributed by atoms with Crippen molar-refractivity contribution in [2.75, 3.05) is 13.7 Å². The van der Waals surface area contributed by atoms with Crippen molar-refractivity contribution in [3.8, 4) is 0 Å².